The summed E-state index contributed by atoms with van der Waals surface area (Å²) < 4.78 is 4.07. The molecule has 0 aliphatic heterocycles. The number of aliphatic hydroxyl groups is 1. The van der Waals surface area contributed by atoms with Crippen LogP contribution in [0.3, 0.4) is 0 Å². The van der Waals surface area contributed by atoms with Crippen LogP contribution in [0, 0.1) is 0 Å². The molecule has 93 valence electrons. The normalized spacial score (nSPS) is 10.4. The van der Waals surface area contributed by atoms with Crippen molar-refractivity contribution in [2.75, 3.05) is 0 Å². The summed E-state index contributed by atoms with van der Waals surface area (Å²) in [6.45, 7) is 11.5. The van der Waals surface area contributed by atoms with Gasteiger partial charge in [0, 0.05) is 0 Å². The minimum atomic E-state index is -0.500. The molecule has 1 N–H and O–H groups in total. The van der Waals surface area contributed by atoms with Crippen molar-refractivity contribution in [1.29, 1.82) is 0 Å². The van der Waals surface area contributed by atoms with E-state index in [1.54, 1.807) is 20.8 Å². The van der Waals surface area contributed by atoms with Crippen LogP contribution in [0.25, 0.3) is 0 Å². The van der Waals surface area contributed by atoms with Gasteiger partial charge in [0.2, 0.25) is 0 Å². The van der Waals surface area contributed by atoms with Gasteiger partial charge in [-0.3, -0.25) is 0 Å². The molecule has 1 aromatic carbocycles. The van der Waals surface area contributed by atoms with Crippen molar-refractivity contribution in [1.82, 2.24) is 0 Å². The summed E-state index contributed by atoms with van der Waals surface area (Å²) in [5.74, 6) is 0. The molecule has 0 heterocycles. The number of hydrogen-bond donors (Lipinski definition) is 1. The minimum absolute atomic E-state index is 0.189. The van der Waals surface area contributed by atoms with Gasteiger partial charge in [-0.05, 0) is 20.8 Å². The summed E-state index contributed by atoms with van der Waals surface area (Å²) in [7, 11) is 0. The van der Waals surface area contributed by atoms with Crippen molar-refractivity contribution in [3.05, 3.63) is 30.3 Å². The standard InChI is InChI=1S/C5H5.C4H9N.C4H10O.Nb/c1-2-4-5-3-1;2*1-4(2,3)5;/h1-5H;1-3H3;5H,1-3H3;/q-1;;;. The second-order valence-electron chi connectivity index (χ2n) is 5.40. The van der Waals surface area contributed by atoms with E-state index in [0.29, 0.717) is 0 Å². The van der Waals surface area contributed by atoms with Gasteiger partial charge < -0.3 is 5.11 Å². The van der Waals surface area contributed by atoms with Gasteiger partial charge in [0.25, 0.3) is 0 Å². The molecule has 0 aliphatic rings. The van der Waals surface area contributed by atoms with Gasteiger partial charge in [0.15, 0.2) is 0 Å². The van der Waals surface area contributed by atoms with Crippen molar-refractivity contribution in [2.24, 2.45) is 3.34 Å². The van der Waals surface area contributed by atoms with Gasteiger partial charge in [-0.15, -0.1) is 0 Å². The first-order valence-corrected chi connectivity index (χ1v) is 6.30. The van der Waals surface area contributed by atoms with E-state index in [-0.39, 0.29) is 5.54 Å². The average Bonchev–Trinajstić information content (AvgIpc) is 2.56. The summed E-state index contributed by atoms with van der Waals surface area (Å²) in [6.07, 6.45) is 0. The van der Waals surface area contributed by atoms with Crippen molar-refractivity contribution in [3.63, 3.8) is 0 Å². The van der Waals surface area contributed by atoms with Crippen LogP contribution in [-0.2, 0) is 20.9 Å². The monoisotopic (exact) mass is 303 g/mol. The van der Waals surface area contributed by atoms with Gasteiger partial charge in [-0.2, -0.15) is 18.2 Å². The van der Waals surface area contributed by atoms with E-state index >= 15 is 0 Å². The summed E-state index contributed by atoms with van der Waals surface area (Å²) in [5.41, 5.74) is -0.311. The predicted molar refractivity (Wildman–Crippen MR) is 66.2 cm³/mol. The van der Waals surface area contributed by atoms with E-state index in [1.807, 2.05) is 30.3 Å². The Bertz CT molecular complexity index is 219. The van der Waals surface area contributed by atoms with E-state index in [1.165, 1.54) is 20.9 Å². The predicted octanol–water partition coefficient (Wildman–Crippen LogP) is 3.70. The Balaban J connectivity index is 0. The molecule has 0 aliphatic carbocycles. The molecule has 3 heteroatoms. The van der Waals surface area contributed by atoms with Crippen molar-refractivity contribution in [2.45, 2.75) is 52.7 Å². The summed E-state index contributed by atoms with van der Waals surface area (Å²) in [5, 5.41) is 8.52. The molecule has 0 spiro atoms. The average molecular weight is 303 g/mol. The van der Waals surface area contributed by atoms with Crippen LogP contribution in [0.15, 0.2) is 33.7 Å². The van der Waals surface area contributed by atoms with Gasteiger partial charge >= 0.3 is 50.5 Å². The summed E-state index contributed by atoms with van der Waals surface area (Å²) >= 11 is 1.52. The minimum Gasteiger partial charge on any atom is -0.214 e. The zero-order chi connectivity index (χ0) is 13.2. The first-order chi connectivity index (χ1) is 7.06. The van der Waals surface area contributed by atoms with Crippen molar-refractivity contribution >= 4 is 0 Å². The molecule has 1 aromatic rings. The largest absolute Gasteiger partial charge is 0.214 e. The Labute approximate surface area is 112 Å². The van der Waals surface area contributed by atoms with E-state index in [9.17, 15) is 0 Å². The van der Waals surface area contributed by atoms with Crippen LogP contribution in [0.2, 0.25) is 0 Å². The molecule has 0 aromatic heterocycles. The van der Waals surface area contributed by atoms with Gasteiger partial charge in [0.05, 0.1) is 5.60 Å². The second-order valence-corrected chi connectivity index (χ2v) is 5.90. The molecule has 0 unspecified atom stereocenters. The van der Waals surface area contributed by atoms with Crippen molar-refractivity contribution < 1.29 is 26.0 Å². The maximum absolute atomic E-state index is 8.52. The molecule has 0 amide bonds. The molecule has 16 heavy (non-hydrogen) atoms. The van der Waals surface area contributed by atoms with Crippen molar-refractivity contribution in [3.8, 4) is 0 Å². The van der Waals surface area contributed by atoms with E-state index in [0.717, 1.165) is 0 Å². The van der Waals surface area contributed by atoms with Crippen LogP contribution in [0.5, 0.6) is 0 Å². The Kier molecular flexibility index (Phi) is 10.2. The van der Waals surface area contributed by atoms with Crippen LogP contribution in [0.4, 0.5) is 0 Å². The molecule has 2 nitrogen and oxygen atoms in total. The fraction of sp³-hybridized carbons (Fsp3) is 0.615. The fourth-order valence-electron chi connectivity index (χ4n) is 0.321. The Morgan fingerprint density at radius 1 is 1.00 bits per heavy atom. The van der Waals surface area contributed by atoms with Crippen LogP contribution in [-0.4, -0.2) is 16.2 Å². The van der Waals surface area contributed by atoms with Gasteiger partial charge in [-0.1, -0.05) is 0 Å². The number of rotatable bonds is 0. The first kappa shape index (κ1) is 18.2. The third-order valence-corrected chi connectivity index (χ3v) is 2.33. The maximum Gasteiger partial charge on any atom is -0.172 e. The maximum atomic E-state index is 8.52. The van der Waals surface area contributed by atoms with Crippen LogP contribution < -0.4 is 0 Å². The van der Waals surface area contributed by atoms with Gasteiger partial charge in [-0.25, -0.2) is 12.1 Å². The van der Waals surface area contributed by atoms with E-state index in [2.05, 4.69) is 24.1 Å². The Morgan fingerprint density at radius 2 is 1.25 bits per heavy atom. The zero-order valence-corrected chi connectivity index (χ0v) is 13.4. The number of nitrogens with zero attached hydrogens (tertiary/aromatic N) is 1. The molecule has 0 saturated carbocycles. The SMILES string of the molecule is CC(C)(C)O.CC(C)(C)[N]=[Nb].c1cc[cH-]c1. The third kappa shape index (κ3) is 37.1. The summed E-state index contributed by atoms with van der Waals surface area (Å²) in [4.78, 5) is 0. The molecule has 0 bridgehead atoms. The van der Waals surface area contributed by atoms with E-state index < -0.39 is 5.60 Å². The third-order valence-electron chi connectivity index (χ3n) is 0.856. The molecule has 0 radical (unpaired) electrons. The topological polar surface area (TPSA) is 32.6 Å². The van der Waals surface area contributed by atoms with E-state index in [4.69, 9.17) is 5.11 Å². The Hall–Kier alpha value is -0.150. The quantitative estimate of drug-likeness (QED) is 0.575. The molecular weight excluding hydrogens is 279 g/mol. The molecular formula is C13H24NNbO-. The second kappa shape index (κ2) is 8.94. The Morgan fingerprint density at radius 3 is 1.31 bits per heavy atom. The molecule has 0 saturated heterocycles. The smallest absolute Gasteiger partial charge is 0.172 e. The van der Waals surface area contributed by atoms with Gasteiger partial charge in [0.1, 0.15) is 0 Å². The molecule has 1 rings (SSSR count). The number of hydrogen-bond acceptors (Lipinski definition) is 2. The van der Waals surface area contributed by atoms with Crippen LogP contribution in [0.1, 0.15) is 41.5 Å². The fourth-order valence-corrected chi connectivity index (χ4v) is 0.321. The first-order valence-electron chi connectivity index (χ1n) is 5.31. The summed E-state index contributed by atoms with van der Waals surface area (Å²) in [6, 6.07) is 10.0. The molecule has 0 fully saturated rings. The zero-order valence-electron chi connectivity index (χ0n) is 11.2. The molecule has 0 atom stereocenters. The van der Waals surface area contributed by atoms with Crippen LogP contribution >= 0.6 is 0 Å².